The Hall–Kier alpha value is -1.51. The number of hydrogen-bond acceptors (Lipinski definition) is 4. The quantitative estimate of drug-likeness (QED) is 0.774. The van der Waals surface area contributed by atoms with Crippen molar-refractivity contribution >= 4 is 17.3 Å². The Kier molecular flexibility index (Phi) is 5.87. The summed E-state index contributed by atoms with van der Waals surface area (Å²) in [6.45, 7) is 4.37. The van der Waals surface area contributed by atoms with Crippen molar-refractivity contribution in [3.8, 4) is 12.3 Å². The van der Waals surface area contributed by atoms with Crippen molar-refractivity contribution < 1.29 is 5.11 Å². The molecule has 5 nitrogen and oxygen atoms in total. The maximum atomic E-state index is 12.0. The van der Waals surface area contributed by atoms with Crippen LogP contribution in [0.15, 0.2) is 11.0 Å². The van der Waals surface area contributed by atoms with Crippen LogP contribution in [0.25, 0.3) is 0 Å². The maximum Gasteiger partial charge on any atom is 0.292 e. The van der Waals surface area contributed by atoms with Gasteiger partial charge in [0.05, 0.1) is 17.3 Å². The van der Waals surface area contributed by atoms with Crippen LogP contribution in [0.4, 0.5) is 5.69 Å². The predicted molar refractivity (Wildman–Crippen MR) is 76.3 cm³/mol. The molecular formula is C13H18ClN3O2. The Morgan fingerprint density at radius 2 is 2.32 bits per heavy atom. The minimum absolute atomic E-state index is 0.0826. The number of halogens is 1. The predicted octanol–water partition coefficient (Wildman–Crippen LogP) is 1.35. The molecule has 0 aliphatic heterocycles. The fraction of sp³-hybridized carbons (Fsp3) is 0.538. The number of hydrogen-bond donors (Lipinski definition) is 2. The van der Waals surface area contributed by atoms with Gasteiger partial charge in [-0.25, -0.2) is 4.68 Å². The van der Waals surface area contributed by atoms with Crippen molar-refractivity contribution in [2.75, 3.05) is 11.9 Å². The van der Waals surface area contributed by atoms with Gasteiger partial charge >= 0.3 is 0 Å². The molecule has 0 aromatic carbocycles. The Morgan fingerprint density at radius 1 is 1.63 bits per heavy atom. The monoisotopic (exact) mass is 283 g/mol. The van der Waals surface area contributed by atoms with Gasteiger partial charge in [-0.15, -0.1) is 6.42 Å². The first-order valence-electron chi connectivity index (χ1n) is 6.06. The average molecular weight is 284 g/mol. The summed E-state index contributed by atoms with van der Waals surface area (Å²) in [5, 5.41) is 16.7. The normalized spacial score (nSPS) is 12.2. The summed E-state index contributed by atoms with van der Waals surface area (Å²) in [5.41, 5.74) is -0.170. The molecule has 1 heterocycles. The summed E-state index contributed by atoms with van der Waals surface area (Å²) in [4.78, 5) is 12.0. The van der Waals surface area contributed by atoms with E-state index in [4.69, 9.17) is 18.0 Å². The number of terminal acetylenes is 1. The molecule has 1 unspecified atom stereocenters. The number of anilines is 1. The molecular weight excluding hydrogens is 266 g/mol. The van der Waals surface area contributed by atoms with E-state index in [-0.39, 0.29) is 29.4 Å². The maximum absolute atomic E-state index is 12.0. The topological polar surface area (TPSA) is 67.2 Å². The Balaban J connectivity index is 2.81. The second-order valence-electron chi connectivity index (χ2n) is 4.70. The van der Waals surface area contributed by atoms with Crippen molar-refractivity contribution in [1.29, 1.82) is 0 Å². The molecule has 0 radical (unpaired) electrons. The van der Waals surface area contributed by atoms with Crippen LogP contribution in [0, 0.1) is 18.3 Å². The lowest BCUT2D eigenvalue weighted by atomic mass is 10.1. The number of aromatic nitrogens is 2. The zero-order valence-electron chi connectivity index (χ0n) is 11.1. The number of aliphatic hydroxyl groups excluding tert-OH is 1. The highest BCUT2D eigenvalue weighted by molar-refractivity contribution is 6.32. The molecule has 1 rings (SSSR count). The molecule has 104 valence electrons. The first-order valence-corrected chi connectivity index (χ1v) is 6.44. The average Bonchev–Trinajstić information content (AvgIpc) is 2.32. The standard InChI is InChI=1S/C13H18ClN3O2/c1-4-5-17-13(19)12(11(14)8-16-17)15-7-10(18)6-9(2)3/h1,8-10,15,18H,5-7H2,2-3H3. The largest absolute Gasteiger partial charge is 0.391 e. The van der Waals surface area contributed by atoms with Crippen LogP contribution < -0.4 is 10.9 Å². The molecule has 6 heteroatoms. The lowest BCUT2D eigenvalue weighted by molar-refractivity contribution is 0.161. The molecule has 19 heavy (non-hydrogen) atoms. The van der Waals surface area contributed by atoms with Crippen LogP contribution in [0.2, 0.25) is 5.02 Å². The highest BCUT2D eigenvalue weighted by Gasteiger charge is 2.12. The zero-order valence-corrected chi connectivity index (χ0v) is 11.8. The first kappa shape index (κ1) is 15.5. The van der Waals surface area contributed by atoms with Crippen molar-refractivity contribution in [2.24, 2.45) is 5.92 Å². The van der Waals surface area contributed by atoms with Gasteiger partial charge in [0.15, 0.2) is 0 Å². The van der Waals surface area contributed by atoms with E-state index in [9.17, 15) is 9.90 Å². The number of nitrogens with zero attached hydrogens (tertiary/aromatic N) is 2. The molecule has 1 atom stereocenters. The first-order chi connectivity index (χ1) is 8.95. The van der Waals surface area contributed by atoms with E-state index >= 15 is 0 Å². The van der Waals surface area contributed by atoms with Crippen molar-refractivity contribution in [2.45, 2.75) is 32.9 Å². The molecule has 1 aromatic heterocycles. The highest BCUT2D eigenvalue weighted by Crippen LogP contribution is 2.15. The molecule has 0 fully saturated rings. The van der Waals surface area contributed by atoms with Crippen molar-refractivity contribution in [1.82, 2.24) is 9.78 Å². The fourth-order valence-corrected chi connectivity index (χ4v) is 1.87. The molecule has 0 aliphatic rings. The van der Waals surface area contributed by atoms with Gasteiger partial charge in [0.1, 0.15) is 12.2 Å². The van der Waals surface area contributed by atoms with Gasteiger partial charge in [-0.05, 0) is 12.3 Å². The van der Waals surface area contributed by atoms with Gasteiger partial charge in [0, 0.05) is 6.54 Å². The van der Waals surface area contributed by atoms with Crippen LogP contribution in [0.1, 0.15) is 20.3 Å². The highest BCUT2D eigenvalue weighted by atomic mass is 35.5. The van der Waals surface area contributed by atoms with Crippen LogP contribution in [0.5, 0.6) is 0 Å². The summed E-state index contributed by atoms with van der Waals surface area (Å²) in [5.74, 6) is 2.72. The van der Waals surface area contributed by atoms with E-state index in [0.29, 0.717) is 12.3 Å². The molecule has 0 aliphatic carbocycles. The number of rotatable bonds is 6. The molecule has 0 spiro atoms. The summed E-state index contributed by atoms with van der Waals surface area (Å²) < 4.78 is 1.14. The van der Waals surface area contributed by atoms with Gasteiger partial charge < -0.3 is 10.4 Å². The Morgan fingerprint density at radius 3 is 2.89 bits per heavy atom. The van der Waals surface area contributed by atoms with E-state index in [0.717, 1.165) is 4.68 Å². The van der Waals surface area contributed by atoms with E-state index in [1.54, 1.807) is 0 Å². The van der Waals surface area contributed by atoms with E-state index in [1.165, 1.54) is 6.20 Å². The third kappa shape index (κ3) is 4.58. The Labute approximate surface area is 117 Å². The summed E-state index contributed by atoms with van der Waals surface area (Å²) in [7, 11) is 0. The molecule has 0 saturated heterocycles. The van der Waals surface area contributed by atoms with E-state index in [2.05, 4.69) is 16.3 Å². The van der Waals surface area contributed by atoms with E-state index in [1.807, 2.05) is 13.8 Å². The summed E-state index contributed by atoms with van der Waals surface area (Å²) in [6, 6.07) is 0. The minimum Gasteiger partial charge on any atom is -0.391 e. The number of nitrogens with one attached hydrogen (secondary N) is 1. The third-order valence-electron chi connectivity index (χ3n) is 2.50. The second kappa shape index (κ2) is 7.17. The van der Waals surface area contributed by atoms with Crippen LogP contribution in [0.3, 0.4) is 0 Å². The van der Waals surface area contributed by atoms with Crippen molar-refractivity contribution in [3.05, 3.63) is 21.6 Å². The third-order valence-corrected chi connectivity index (χ3v) is 2.78. The van der Waals surface area contributed by atoms with Crippen LogP contribution >= 0.6 is 11.6 Å². The van der Waals surface area contributed by atoms with Gasteiger partial charge in [-0.2, -0.15) is 5.10 Å². The van der Waals surface area contributed by atoms with Gasteiger partial charge in [-0.3, -0.25) is 4.79 Å². The second-order valence-corrected chi connectivity index (χ2v) is 5.11. The lowest BCUT2D eigenvalue weighted by Gasteiger charge is -2.15. The fourth-order valence-electron chi connectivity index (χ4n) is 1.68. The summed E-state index contributed by atoms with van der Waals surface area (Å²) in [6.07, 6.45) is 6.62. The summed E-state index contributed by atoms with van der Waals surface area (Å²) >= 11 is 5.92. The van der Waals surface area contributed by atoms with Gasteiger partial charge in [0.2, 0.25) is 0 Å². The molecule has 0 amide bonds. The van der Waals surface area contributed by atoms with Gasteiger partial charge in [-0.1, -0.05) is 31.4 Å². The molecule has 2 N–H and O–H groups in total. The minimum atomic E-state index is -0.537. The van der Waals surface area contributed by atoms with Crippen LogP contribution in [-0.4, -0.2) is 27.5 Å². The molecule has 0 saturated carbocycles. The Bertz CT molecular complexity index is 520. The molecule has 1 aromatic rings. The van der Waals surface area contributed by atoms with Crippen LogP contribution in [-0.2, 0) is 6.54 Å². The zero-order chi connectivity index (χ0) is 14.4. The smallest absolute Gasteiger partial charge is 0.292 e. The van der Waals surface area contributed by atoms with Crippen molar-refractivity contribution in [3.63, 3.8) is 0 Å². The molecule has 0 bridgehead atoms. The van der Waals surface area contributed by atoms with Gasteiger partial charge in [0.25, 0.3) is 5.56 Å². The number of aliphatic hydroxyl groups is 1. The lowest BCUT2D eigenvalue weighted by Crippen LogP contribution is -2.29. The van der Waals surface area contributed by atoms with E-state index < -0.39 is 6.10 Å². The SMILES string of the molecule is C#CCn1ncc(Cl)c(NCC(O)CC(C)C)c1=O.